The van der Waals surface area contributed by atoms with E-state index in [4.69, 9.17) is 11.6 Å². The second-order valence-corrected chi connectivity index (χ2v) is 5.15. The normalized spacial score (nSPS) is 18.2. The van der Waals surface area contributed by atoms with Crippen LogP contribution in [0, 0.1) is 0 Å². The second kappa shape index (κ2) is 5.50. The van der Waals surface area contributed by atoms with E-state index in [1.54, 1.807) is 40.0 Å². The summed E-state index contributed by atoms with van der Waals surface area (Å²) in [6.07, 6.45) is 4.36. The summed E-state index contributed by atoms with van der Waals surface area (Å²) in [6, 6.07) is 7.17. The Kier molecular flexibility index (Phi) is 3.56. The van der Waals surface area contributed by atoms with Crippen LogP contribution in [0.4, 0.5) is 10.5 Å². The Balaban J connectivity index is 1.60. The monoisotopic (exact) mass is 291 g/mol. The molecule has 0 aliphatic carbocycles. The molecular formula is C13H14ClN5O. The smallest absolute Gasteiger partial charge is 0.321 e. The number of benzene rings is 1. The van der Waals surface area contributed by atoms with Gasteiger partial charge in [-0.2, -0.15) is 0 Å². The Morgan fingerprint density at radius 3 is 2.85 bits per heavy atom. The molecule has 1 fully saturated rings. The van der Waals surface area contributed by atoms with Crippen LogP contribution in [-0.2, 0) is 0 Å². The van der Waals surface area contributed by atoms with Crippen molar-refractivity contribution in [2.24, 2.45) is 0 Å². The van der Waals surface area contributed by atoms with Gasteiger partial charge in [0, 0.05) is 30.0 Å². The molecule has 3 rings (SSSR count). The number of nitrogens with zero attached hydrogens (tertiary/aromatic N) is 4. The molecule has 1 aliphatic rings. The number of halogens is 1. The van der Waals surface area contributed by atoms with E-state index >= 15 is 0 Å². The summed E-state index contributed by atoms with van der Waals surface area (Å²) in [7, 11) is 0. The van der Waals surface area contributed by atoms with Crippen LogP contribution >= 0.6 is 11.6 Å². The highest BCUT2D eigenvalue weighted by atomic mass is 35.5. The summed E-state index contributed by atoms with van der Waals surface area (Å²) in [6.45, 7) is 1.35. The van der Waals surface area contributed by atoms with Gasteiger partial charge in [-0.15, -0.1) is 5.10 Å². The maximum Gasteiger partial charge on any atom is 0.321 e. The Morgan fingerprint density at radius 1 is 1.35 bits per heavy atom. The predicted molar refractivity (Wildman–Crippen MR) is 75.7 cm³/mol. The van der Waals surface area contributed by atoms with Gasteiger partial charge in [0.2, 0.25) is 0 Å². The van der Waals surface area contributed by atoms with Crippen molar-refractivity contribution in [2.75, 3.05) is 18.4 Å². The molecule has 0 bridgehead atoms. The van der Waals surface area contributed by atoms with E-state index in [1.165, 1.54) is 0 Å². The SMILES string of the molecule is O=C(Nc1ccc(Cl)cc1)N1CCC(n2ccnn2)C1. The van der Waals surface area contributed by atoms with E-state index in [9.17, 15) is 4.79 Å². The molecule has 1 aromatic heterocycles. The standard InChI is InChI=1S/C13H14ClN5O/c14-10-1-3-11(4-2-10)16-13(20)18-7-5-12(9-18)19-8-6-15-17-19/h1-4,6,8,12H,5,7,9H2,(H,16,20). The molecule has 0 radical (unpaired) electrons. The lowest BCUT2D eigenvalue weighted by Gasteiger charge is -2.17. The molecule has 20 heavy (non-hydrogen) atoms. The number of anilines is 1. The lowest BCUT2D eigenvalue weighted by molar-refractivity contribution is 0.220. The molecule has 1 unspecified atom stereocenters. The number of urea groups is 1. The van der Waals surface area contributed by atoms with E-state index in [-0.39, 0.29) is 12.1 Å². The minimum Gasteiger partial charge on any atom is -0.322 e. The molecule has 1 saturated heterocycles. The van der Waals surface area contributed by atoms with Crippen molar-refractivity contribution < 1.29 is 4.79 Å². The van der Waals surface area contributed by atoms with Crippen molar-refractivity contribution >= 4 is 23.3 Å². The molecule has 7 heteroatoms. The first kappa shape index (κ1) is 12.9. The fraction of sp³-hybridized carbons (Fsp3) is 0.308. The van der Waals surface area contributed by atoms with Gasteiger partial charge in [0.25, 0.3) is 0 Å². The summed E-state index contributed by atoms with van der Waals surface area (Å²) in [5.41, 5.74) is 0.739. The minimum absolute atomic E-state index is 0.102. The summed E-state index contributed by atoms with van der Waals surface area (Å²) in [4.78, 5) is 13.9. The van der Waals surface area contributed by atoms with Crippen LogP contribution in [0.2, 0.25) is 5.02 Å². The Labute approximate surface area is 121 Å². The van der Waals surface area contributed by atoms with Crippen LogP contribution in [0.3, 0.4) is 0 Å². The predicted octanol–water partition coefficient (Wildman–Crippen LogP) is 2.41. The molecular weight excluding hydrogens is 278 g/mol. The van der Waals surface area contributed by atoms with Crippen LogP contribution in [-0.4, -0.2) is 39.0 Å². The van der Waals surface area contributed by atoms with Crippen LogP contribution in [0.25, 0.3) is 0 Å². The summed E-state index contributed by atoms with van der Waals surface area (Å²) in [5, 5.41) is 11.3. The van der Waals surface area contributed by atoms with Gasteiger partial charge in [0.15, 0.2) is 0 Å². The number of likely N-dealkylation sites (tertiary alicyclic amines) is 1. The molecule has 0 saturated carbocycles. The number of hydrogen-bond donors (Lipinski definition) is 1. The number of hydrogen-bond acceptors (Lipinski definition) is 3. The largest absolute Gasteiger partial charge is 0.322 e. The summed E-state index contributed by atoms with van der Waals surface area (Å²) < 4.78 is 1.80. The zero-order valence-corrected chi connectivity index (χ0v) is 11.5. The topological polar surface area (TPSA) is 63.1 Å². The zero-order chi connectivity index (χ0) is 13.9. The van der Waals surface area contributed by atoms with E-state index in [0.717, 1.165) is 12.1 Å². The lowest BCUT2D eigenvalue weighted by Crippen LogP contribution is -2.33. The molecule has 1 aromatic carbocycles. The first-order valence-corrected chi connectivity index (χ1v) is 6.77. The highest BCUT2D eigenvalue weighted by molar-refractivity contribution is 6.30. The van der Waals surface area contributed by atoms with Crippen LogP contribution < -0.4 is 5.32 Å². The maximum atomic E-state index is 12.2. The van der Waals surface area contributed by atoms with Crippen molar-refractivity contribution in [1.82, 2.24) is 19.9 Å². The van der Waals surface area contributed by atoms with E-state index < -0.39 is 0 Å². The molecule has 1 atom stereocenters. The van der Waals surface area contributed by atoms with E-state index in [2.05, 4.69) is 15.6 Å². The number of amides is 2. The fourth-order valence-corrected chi connectivity index (χ4v) is 2.42. The Morgan fingerprint density at radius 2 is 2.15 bits per heavy atom. The molecule has 1 N–H and O–H groups in total. The molecule has 2 amide bonds. The quantitative estimate of drug-likeness (QED) is 0.924. The van der Waals surface area contributed by atoms with Gasteiger partial charge < -0.3 is 10.2 Å². The number of carbonyl (C=O) groups excluding carboxylic acids is 1. The van der Waals surface area contributed by atoms with Gasteiger partial charge in [0.05, 0.1) is 12.2 Å². The average molecular weight is 292 g/mol. The van der Waals surface area contributed by atoms with Crippen molar-refractivity contribution in [3.8, 4) is 0 Å². The van der Waals surface area contributed by atoms with Gasteiger partial charge >= 0.3 is 6.03 Å². The highest BCUT2D eigenvalue weighted by Crippen LogP contribution is 2.21. The van der Waals surface area contributed by atoms with Gasteiger partial charge in [-0.05, 0) is 30.7 Å². The van der Waals surface area contributed by atoms with Gasteiger partial charge in [-0.3, -0.25) is 0 Å². The van der Waals surface area contributed by atoms with Crippen LogP contribution in [0.15, 0.2) is 36.7 Å². The van der Waals surface area contributed by atoms with Crippen LogP contribution in [0.5, 0.6) is 0 Å². The minimum atomic E-state index is -0.102. The van der Waals surface area contributed by atoms with Gasteiger partial charge in [0.1, 0.15) is 0 Å². The van der Waals surface area contributed by atoms with Gasteiger partial charge in [-0.1, -0.05) is 16.8 Å². The Bertz CT molecular complexity index is 583. The molecule has 2 heterocycles. The molecule has 0 spiro atoms. The summed E-state index contributed by atoms with van der Waals surface area (Å²) in [5.74, 6) is 0. The van der Waals surface area contributed by atoms with E-state index in [1.807, 2.05) is 6.20 Å². The summed E-state index contributed by atoms with van der Waals surface area (Å²) >= 11 is 5.81. The number of aromatic nitrogens is 3. The number of rotatable bonds is 2. The second-order valence-electron chi connectivity index (χ2n) is 4.71. The molecule has 104 valence electrons. The van der Waals surface area contributed by atoms with Crippen molar-refractivity contribution in [3.05, 3.63) is 41.7 Å². The third-order valence-electron chi connectivity index (χ3n) is 3.36. The first-order valence-electron chi connectivity index (χ1n) is 6.39. The van der Waals surface area contributed by atoms with Crippen molar-refractivity contribution in [1.29, 1.82) is 0 Å². The number of carbonyl (C=O) groups is 1. The third kappa shape index (κ3) is 2.75. The average Bonchev–Trinajstić information content (AvgIpc) is 3.11. The molecule has 6 nitrogen and oxygen atoms in total. The van der Waals surface area contributed by atoms with Crippen molar-refractivity contribution in [2.45, 2.75) is 12.5 Å². The fourth-order valence-electron chi connectivity index (χ4n) is 2.29. The highest BCUT2D eigenvalue weighted by Gasteiger charge is 2.27. The number of nitrogens with one attached hydrogen (secondary N) is 1. The lowest BCUT2D eigenvalue weighted by atomic mass is 10.3. The van der Waals surface area contributed by atoms with Crippen molar-refractivity contribution in [3.63, 3.8) is 0 Å². The third-order valence-corrected chi connectivity index (χ3v) is 3.61. The zero-order valence-electron chi connectivity index (χ0n) is 10.7. The van der Waals surface area contributed by atoms with Crippen LogP contribution in [0.1, 0.15) is 12.5 Å². The first-order chi connectivity index (χ1) is 9.72. The Hall–Kier alpha value is -2.08. The maximum absolute atomic E-state index is 12.2. The molecule has 1 aliphatic heterocycles. The van der Waals surface area contributed by atoms with E-state index in [0.29, 0.717) is 18.1 Å². The van der Waals surface area contributed by atoms with Gasteiger partial charge in [-0.25, -0.2) is 9.48 Å². The molecule has 2 aromatic rings.